The normalized spacial score (nSPS) is 15.5. The molecule has 4 aromatic rings. The number of hydrogen-bond acceptors (Lipinski definition) is 7. The van der Waals surface area contributed by atoms with E-state index < -0.39 is 0 Å². The summed E-state index contributed by atoms with van der Waals surface area (Å²) in [6, 6.07) is 13.0. The molecule has 1 aliphatic heterocycles. The van der Waals surface area contributed by atoms with Crippen molar-refractivity contribution in [1.82, 2.24) is 24.6 Å². The highest BCUT2D eigenvalue weighted by Crippen LogP contribution is 2.34. The summed E-state index contributed by atoms with van der Waals surface area (Å²) in [5.41, 5.74) is 5.56. The maximum Gasteiger partial charge on any atom is 0.124 e. The Morgan fingerprint density at radius 1 is 1.00 bits per heavy atom. The molecule has 0 amide bonds. The summed E-state index contributed by atoms with van der Waals surface area (Å²) in [5.74, 6) is 1.53. The van der Waals surface area contributed by atoms with Gasteiger partial charge in [0.05, 0.1) is 43.3 Å². The second-order valence-electron chi connectivity index (χ2n) is 9.43. The third kappa shape index (κ3) is 5.97. The zero-order valence-corrected chi connectivity index (χ0v) is 22.7. The van der Waals surface area contributed by atoms with Crippen LogP contribution < -0.4 is 14.4 Å². The number of anilines is 2. The van der Waals surface area contributed by atoms with E-state index >= 15 is 0 Å². The van der Waals surface area contributed by atoms with E-state index in [1.807, 2.05) is 31.6 Å². The Labute approximate surface area is 224 Å². The van der Waals surface area contributed by atoms with Crippen molar-refractivity contribution in [2.24, 2.45) is 7.05 Å². The van der Waals surface area contributed by atoms with Gasteiger partial charge in [-0.15, -0.1) is 12.4 Å². The number of benzene rings is 2. The molecule has 1 saturated heterocycles. The SMILES string of the molecule is COc1cc(OC)cc(N(CCCN2CCC[C@H]2C)c2ccc3ncc(-c4cnn(C)c4)nc3c2)c1.Cl. The molecule has 0 spiro atoms. The molecule has 9 heteroatoms. The molecule has 2 aromatic carbocycles. The first-order valence-corrected chi connectivity index (χ1v) is 12.5. The van der Waals surface area contributed by atoms with Crippen LogP contribution in [0.4, 0.5) is 11.4 Å². The van der Waals surface area contributed by atoms with Gasteiger partial charge in [0.25, 0.3) is 0 Å². The minimum atomic E-state index is 0. The fourth-order valence-corrected chi connectivity index (χ4v) is 4.97. The Bertz CT molecular complexity index is 1320. The van der Waals surface area contributed by atoms with E-state index in [9.17, 15) is 0 Å². The average molecular weight is 523 g/mol. The second kappa shape index (κ2) is 11.8. The first-order chi connectivity index (χ1) is 17.5. The predicted molar refractivity (Wildman–Crippen MR) is 150 cm³/mol. The monoisotopic (exact) mass is 522 g/mol. The molecular weight excluding hydrogens is 488 g/mol. The third-order valence-electron chi connectivity index (χ3n) is 7.00. The van der Waals surface area contributed by atoms with E-state index in [1.54, 1.807) is 25.1 Å². The van der Waals surface area contributed by atoms with E-state index in [-0.39, 0.29) is 12.4 Å². The Balaban J connectivity index is 0.00000320. The summed E-state index contributed by atoms with van der Waals surface area (Å²) in [4.78, 5) is 14.5. The number of ether oxygens (including phenoxy) is 2. The standard InChI is InChI=1S/C28H34N6O2.ClH/c1-20-7-5-10-33(20)11-6-12-34(23-13-24(35-3)16-25(14-23)36-4)22-8-9-26-27(15-22)31-28(18-29-26)21-17-30-32(2)19-21;/h8-9,13-20H,5-7,10-12H2,1-4H3;1H/t20-;/m1./s1. The molecule has 1 aliphatic rings. The van der Waals surface area contributed by atoms with Crippen LogP contribution in [0.2, 0.25) is 0 Å². The molecular formula is C28H35ClN6O2. The van der Waals surface area contributed by atoms with Gasteiger partial charge in [-0.3, -0.25) is 9.67 Å². The van der Waals surface area contributed by atoms with Crippen LogP contribution in [0.1, 0.15) is 26.2 Å². The van der Waals surface area contributed by atoms with Crippen LogP contribution in [0.15, 0.2) is 55.0 Å². The van der Waals surface area contributed by atoms with E-state index in [0.717, 1.165) is 64.7 Å². The van der Waals surface area contributed by atoms with Crippen molar-refractivity contribution in [2.45, 2.75) is 32.2 Å². The Kier molecular flexibility index (Phi) is 8.51. The van der Waals surface area contributed by atoms with Gasteiger partial charge in [0, 0.05) is 67.5 Å². The van der Waals surface area contributed by atoms with Gasteiger partial charge < -0.3 is 19.3 Å². The summed E-state index contributed by atoms with van der Waals surface area (Å²) < 4.78 is 12.9. The zero-order valence-electron chi connectivity index (χ0n) is 21.9. The van der Waals surface area contributed by atoms with Crippen molar-refractivity contribution in [3.05, 3.63) is 55.0 Å². The Hall–Kier alpha value is -3.36. The van der Waals surface area contributed by atoms with Crippen LogP contribution in [0.3, 0.4) is 0 Å². The van der Waals surface area contributed by atoms with Crippen LogP contribution in [-0.2, 0) is 7.05 Å². The molecule has 0 radical (unpaired) electrons. The number of nitrogens with zero attached hydrogens (tertiary/aromatic N) is 6. The summed E-state index contributed by atoms with van der Waals surface area (Å²) in [7, 11) is 5.27. The zero-order chi connectivity index (χ0) is 25.1. The highest BCUT2D eigenvalue weighted by Gasteiger charge is 2.20. The fourth-order valence-electron chi connectivity index (χ4n) is 4.97. The van der Waals surface area contributed by atoms with Gasteiger partial charge in [-0.25, -0.2) is 4.98 Å². The van der Waals surface area contributed by atoms with E-state index in [2.05, 4.69) is 51.1 Å². The highest BCUT2D eigenvalue weighted by molar-refractivity contribution is 5.85. The molecule has 0 aliphatic carbocycles. The van der Waals surface area contributed by atoms with Crippen LogP contribution in [0, 0.1) is 0 Å². The molecule has 0 unspecified atom stereocenters. The second-order valence-corrected chi connectivity index (χ2v) is 9.43. The number of methoxy groups -OCH3 is 2. The number of aryl methyl sites for hydroxylation is 1. The summed E-state index contributed by atoms with van der Waals surface area (Å²) in [6.45, 7) is 5.47. The van der Waals surface area contributed by atoms with Crippen LogP contribution >= 0.6 is 12.4 Å². The maximum absolute atomic E-state index is 5.58. The third-order valence-corrected chi connectivity index (χ3v) is 7.00. The molecule has 8 nitrogen and oxygen atoms in total. The first kappa shape index (κ1) is 26.7. The lowest BCUT2D eigenvalue weighted by atomic mass is 10.1. The van der Waals surface area contributed by atoms with E-state index in [4.69, 9.17) is 14.5 Å². The molecule has 3 heterocycles. The molecule has 37 heavy (non-hydrogen) atoms. The Morgan fingerprint density at radius 3 is 2.43 bits per heavy atom. The number of rotatable bonds is 9. The molecule has 0 N–H and O–H groups in total. The lowest BCUT2D eigenvalue weighted by Crippen LogP contribution is -2.30. The molecule has 196 valence electrons. The molecule has 2 aromatic heterocycles. The first-order valence-electron chi connectivity index (χ1n) is 12.5. The molecule has 1 atom stereocenters. The lowest BCUT2D eigenvalue weighted by Gasteiger charge is -2.28. The van der Waals surface area contributed by atoms with Gasteiger partial charge in [-0.2, -0.15) is 5.10 Å². The largest absolute Gasteiger partial charge is 0.497 e. The number of halogens is 1. The minimum Gasteiger partial charge on any atom is -0.497 e. The summed E-state index contributed by atoms with van der Waals surface area (Å²) in [6.07, 6.45) is 9.20. The number of hydrogen-bond donors (Lipinski definition) is 0. The summed E-state index contributed by atoms with van der Waals surface area (Å²) in [5, 5.41) is 4.28. The van der Waals surface area contributed by atoms with E-state index in [0.29, 0.717) is 6.04 Å². The number of aromatic nitrogens is 4. The van der Waals surface area contributed by atoms with Crippen molar-refractivity contribution in [2.75, 3.05) is 38.8 Å². The lowest BCUT2D eigenvalue weighted by molar-refractivity contribution is 0.267. The van der Waals surface area contributed by atoms with Crippen molar-refractivity contribution in [1.29, 1.82) is 0 Å². The fraction of sp³-hybridized carbons (Fsp3) is 0.393. The van der Waals surface area contributed by atoms with Crippen LogP contribution in [-0.4, -0.2) is 64.5 Å². The Morgan fingerprint density at radius 2 is 1.78 bits per heavy atom. The van der Waals surface area contributed by atoms with Crippen LogP contribution in [0.25, 0.3) is 22.3 Å². The maximum atomic E-state index is 5.58. The molecule has 1 fully saturated rings. The number of likely N-dealkylation sites (tertiary alicyclic amines) is 1. The van der Waals surface area contributed by atoms with Gasteiger partial charge >= 0.3 is 0 Å². The van der Waals surface area contributed by atoms with Crippen LogP contribution in [0.5, 0.6) is 11.5 Å². The minimum absolute atomic E-state index is 0. The topological polar surface area (TPSA) is 68.5 Å². The van der Waals surface area contributed by atoms with Gasteiger partial charge in [0.2, 0.25) is 0 Å². The van der Waals surface area contributed by atoms with Crippen molar-refractivity contribution >= 4 is 34.8 Å². The van der Waals surface area contributed by atoms with Crippen molar-refractivity contribution in [3.8, 4) is 22.8 Å². The smallest absolute Gasteiger partial charge is 0.124 e. The van der Waals surface area contributed by atoms with Gasteiger partial charge in [-0.05, 0) is 50.9 Å². The average Bonchev–Trinajstić information content (AvgIpc) is 3.53. The molecule has 5 rings (SSSR count). The van der Waals surface area contributed by atoms with Crippen molar-refractivity contribution < 1.29 is 9.47 Å². The quantitative estimate of drug-likeness (QED) is 0.288. The molecule has 0 saturated carbocycles. The predicted octanol–water partition coefficient (Wildman–Crippen LogP) is 5.48. The summed E-state index contributed by atoms with van der Waals surface area (Å²) >= 11 is 0. The number of fused-ring (bicyclic) bond motifs is 1. The molecule has 0 bridgehead atoms. The highest BCUT2D eigenvalue weighted by atomic mass is 35.5. The van der Waals surface area contributed by atoms with Gasteiger partial charge in [0.15, 0.2) is 0 Å². The van der Waals surface area contributed by atoms with Crippen molar-refractivity contribution in [3.63, 3.8) is 0 Å². The van der Waals surface area contributed by atoms with E-state index in [1.165, 1.54) is 19.4 Å². The van der Waals surface area contributed by atoms with Gasteiger partial charge in [-0.1, -0.05) is 0 Å². The van der Waals surface area contributed by atoms with Gasteiger partial charge in [0.1, 0.15) is 11.5 Å².